The Morgan fingerprint density at radius 2 is 2.23 bits per heavy atom. The maximum Gasteiger partial charge on any atom is 0.407 e. The molecule has 0 spiro atoms. The lowest BCUT2D eigenvalue weighted by molar-refractivity contribution is 0.0522. The van der Waals surface area contributed by atoms with Crippen LogP contribution in [0.1, 0.15) is 58.7 Å². The van der Waals surface area contributed by atoms with E-state index in [1.54, 1.807) is 0 Å². The Balaban J connectivity index is 1.75. The maximum atomic E-state index is 11.7. The van der Waals surface area contributed by atoms with Gasteiger partial charge in [0.25, 0.3) is 0 Å². The van der Waals surface area contributed by atoms with E-state index in [9.17, 15) is 4.79 Å². The second-order valence-corrected chi connectivity index (χ2v) is 6.89. The van der Waals surface area contributed by atoms with Crippen LogP contribution in [0.25, 0.3) is 0 Å². The first-order chi connectivity index (χ1) is 10.4. The van der Waals surface area contributed by atoms with E-state index in [0.29, 0.717) is 12.6 Å². The monoisotopic (exact) mass is 308 g/mol. The molecule has 0 aromatic carbocycles. The summed E-state index contributed by atoms with van der Waals surface area (Å²) in [5.41, 5.74) is 0.744. The molecule has 1 heterocycles. The van der Waals surface area contributed by atoms with Crippen molar-refractivity contribution in [1.29, 1.82) is 0 Å². The summed E-state index contributed by atoms with van der Waals surface area (Å²) in [6, 6.07) is 0.856. The molecule has 1 fully saturated rings. The van der Waals surface area contributed by atoms with Gasteiger partial charge in [0, 0.05) is 31.4 Å². The minimum absolute atomic E-state index is 0.218. The topological polar surface area (TPSA) is 68.2 Å². The van der Waals surface area contributed by atoms with Crippen molar-refractivity contribution in [2.45, 2.75) is 71.2 Å². The third-order valence-electron chi connectivity index (χ3n) is 3.64. The van der Waals surface area contributed by atoms with Crippen molar-refractivity contribution in [1.82, 2.24) is 20.2 Å². The van der Waals surface area contributed by atoms with Crippen LogP contribution in [0.15, 0.2) is 12.5 Å². The number of carbonyl (C=O) groups excluding carboxylic acids is 1. The molecule has 0 aliphatic heterocycles. The molecule has 1 aliphatic rings. The third-order valence-corrected chi connectivity index (χ3v) is 3.64. The van der Waals surface area contributed by atoms with E-state index in [4.69, 9.17) is 4.74 Å². The predicted molar refractivity (Wildman–Crippen MR) is 85.7 cm³/mol. The van der Waals surface area contributed by atoms with Crippen LogP contribution in [0.2, 0.25) is 0 Å². The van der Waals surface area contributed by atoms with Crippen molar-refractivity contribution < 1.29 is 9.53 Å². The van der Waals surface area contributed by atoms with E-state index >= 15 is 0 Å². The van der Waals surface area contributed by atoms with Gasteiger partial charge in [-0.1, -0.05) is 6.92 Å². The second-order valence-electron chi connectivity index (χ2n) is 6.89. The van der Waals surface area contributed by atoms with Gasteiger partial charge < -0.3 is 19.9 Å². The lowest BCUT2D eigenvalue weighted by atomic mass is 10.2. The summed E-state index contributed by atoms with van der Waals surface area (Å²) in [6.45, 7) is 9.02. The molecule has 1 atom stereocenters. The van der Waals surface area contributed by atoms with Gasteiger partial charge in [0.15, 0.2) is 0 Å². The van der Waals surface area contributed by atoms with Crippen LogP contribution in [0.5, 0.6) is 0 Å². The molecule has 124 valence electrons. The molecule has 1 aliphatic carbocycles. The molecule has 0 saturated heterocycles. The summed E-state index contributed by atoms with van der Waals surface area (Å²) in [5.74, 6) is 0. The van der Waals surface area contributed by atoms with E-state index in [1.165, 1.54) is 18.5 Å². The Bertz CT molecular complexity index is 489. The van der Waals surface area contributed by atoms with Crippen LogP contribution >= 0.6 is 0 Å². The number of nitrogens with zero attached hydrogens (tertiary/aromatic N) is 2. The number of carbonyl (C=O) groups is 1. The van der Waals surface area contributed by atoms with E-state index in [2.05, 4.69) is 27.1 Å². The van der Waals surface area contributed by atoms with Crippen molar-refractivity contribution in [3.8, 4) is 0 Å². The highest BCUT2D eigenvalue weighted by Crippen LogP contribution is 2.35. The minimum atomic E-state index is -0.462. The van der Waals surface area contributed by atoms with Crippen LogP contribution in [0.4, 0.5) is 4.79 Å². The SMILES string of the molecule is CCC(CNC(=O)OC(C)(C)C)NCc1cncn1C1CC1. The van der Waals surface area contributed by atoms with Gasteiger partial charge >= 0.3 is 6.09 Å². The number of hydrogen-bond donors (Lipinski definition) is 2. The molecule has 22 heavy (non-hydrogen) atoms. The quantitative estimate of drug-likeness (QED) is 0.812. The van der Waals surface area contributed by atoms with Gasteiger partial charge in [-0.2, -0.15) is 0 Å². The molecule has 6 heteroatoms. The number of nitrogens with one attached hydrogen (secondary N) is 2. The van der Waals surface area contributed by atoms with E-state index in [1.807, 2.05) is 33.3 Å². The van der Waals surface area contributed by atoms with Crippen LogP contribution in [0.3, 0.4) is 0 Å². The summed E-state index contributed by atoms with van der Waals surface area (Å²) < 4.78 is 7.50. The second kappa shape index (κ2) is 7.13. The Kier molecular flexibility index (Phi) is 5.45. The lowest BCUT2D eigenvalue weighted by Crippen LogP contribution is -2.42. The molecule has 1 saturated carbocycles. The number of aromatic nitrogens is 2. The Morgan fingerprint density at radius 1 is 1.50 bits per heavy atom. The zero-order chi connectivity index (χ0) is 16.2. The summed E-state index contributed by atoms with van der Waals surface area (Å²) >= 11 is 0. The Morgan fingerprint density at radius 3 is 2.82 bits per heavy atom. The molecular weight excluding hydrogens is 280 g/mol. The highest BCUT2D eigenvalue weighted by atomic mass is 16.6. The average molecular weight is 308 g/mol. The standard InChI is InChI=1S/C16H28N4O2/c1-5-12(8-19-15(21)22-16(2,3)4)18-10-14-9-17-11-20(14)13-6-7-13/h9,11-13,18H,5-8,10H2,1-4H3,(H,19,21). The first kappa shape index (κ1) is 16.8. The van der Waals surface area contributed by atoms with Crippen LogP contribution in [-0.4, -0.2) is 33.8 Å². The number of imidazole rings is 1. The molecule has 2 rings (SSSR count). The van der Waals surface area contributed by atoms with Gasteiger partial charge in [-0.05, 0) is 40.0 Å². The molecule has 1 aromatic rings. The molecule has 0 bridgehead atoms. The molecule has 2 N–H and O–H groups in total. The molecule has 1 amide bonds. The van der Waals surface area contributed by atoms with E-state index < -0.39 is 5.60 Å². The van der Waals surface area contributed by atoms with Crippen LogP contribution in [0, 0.1) is 0 Å². The Labute approximate surface area is 132 Å². The maximum absolute atomic E-state index is 11.7. The van der Waals surface area contributed by atoms with Crippen LogP contribution in [-0.2, 0) is 11.3 Å². The highest BCUT2D eigenvalue weighted by Gasteiger charge is 2.25. The van der Waals surface area contributed by atoms with Crippen molar-refractivity contribution in [3.05, 3.63) is 18.2 Å². The first-order valence-electron chi connectivity index (χ1n) is 8.10. The number of amides is 1. The number of ether oxygens (including phenoxy) is 1. The summed E-state index contributed by atoms with van der Waals surface area (Å²) in [6.07, 6.45) is 6.90. The normalized spacial score (nSPS) is 16.4. The Hall–Kier alpha value is -1.56. The summed E-state index contributed by atoms with van der Waals surface area (Å²) in [5, 5.41) is 6.31. The molecule has 6 nitrogen and oxygen atoms in total. The van der Waals surface area contributed by atoms with Gasteiger partial charge in [-0.15, -0.1) is 0 Å². The highest BCUT2D eigenvalue weighted by molar-refractivity contribution is 5.67. The van der Waals surface area contributed by atoms with E-state index in [0.717, 1.165) is 13.0 Å². The van der Waals surface area contributed by atoms with Gasteiger partial charge in [-0.3, -0.25) is 0 Å². The lowest BCUT2D eigenvalue weighted by Gasteiger charge is -2.22. The zero-order valence-electron chi connectivity index (χ0n) is 14.1. The van der Waals surface area contributed by atoms with Crippen molar-refractivity contribution in [3.63, 3.8) is 0 Å². The average Bonchev–Trinajstić information content (AvgIpc) is 3.16. The number of rotatable bonds is 7. The number of hydrogen-bond acceptors (Lipinski definition) is 4. The zero-order valence-corrected chi connectivity index (χ0v) is 14.1. The smallest absolute Gasteiger partial charge is 0.407 e. The van der Waals surface area contributed by atoms with E-state index in [-0.39, 0.29) is 12.1 Å². The first-order valence-corrected chi connectivity index (χ1v) is 8.10. The van der Waals surface area contributed by atoms with Crippen molar-refractivity contribution in [2.24, 2.45) is 0 Å². The summed E-state index contributed by atoms with van der Waals surface area (Å²) in [4.78, 5) is 15.9. The number of alkyl carbamates (subject to hydrolysis) is 1. The molecule has 1 unspecified atom stereocenters. The van der Waals surface area contributed by atoms with Gasteiger partial charge in [0.05, 0.1) is 12.0 Å². The van der Waals surface area contributed by atoms with Crippen LogP contribution < -0.4 is 10.6 Å². The largest absolute Gasteiger partial charge is 0.444 e. The third kappa shape index (κ3) is 5.33. The summed E-state index contributed by atoms with van der Waals surface area (Å²) in [7, 11) is 0. The van der Waals surface area contributed by atoms with Crippen molar-refractivity contribution in [2.75, 3.05) is 6.54 Å². The minimum Gasteiger partial charge on any atom is -0.444 e. The molecular formula is C16H28N4O2. The van der Waals surface area contributed by atoms with Gasteiger partial charge in [-0.25, -0.2) is 9.78 Å². The predicted octanol–water partition coefficient (Wildman–Crippen LogP) is 2.61. The molecule has 1 aromatic heterocycles. The fourth-order valence-corrected chi connectivity index (χ4v) is 2.28. The molecule has 0 radical (unpaired) electrons. The van der Waals surface area contributed by atoms with Gasteiger partial charge in [0.1, 0.15) is 5.60 Å². The fraction of sp³-hybridized carbons (Fsp3) is 0.750. The fourth-order valence-electron chi connectivity index (χ4n) is 2.28. The van der Waals surface area contributed by atoms with Crippen molar-refractivity contribution >= 4 is 6.09 Å². The van der Waals surface area contributed by atoms with Gasteiger partial charge in [0.2, 0.25) is 0 Å².